The van der Waals surface area contributed by atoms with Crippen molar-refractivity contribution in [3.05, 3.63) is 134 Å². The van der Waals surface area contributed by atoms with Gasteiger partial charge in [-0.1, -0.05) is 90.5 Å². The highest BCUT2D eigenvalue weighted by atomic mass is 16.2. The van der Waals surface area contributed by atoms with E-state index in [1.165, 1.54) is 15.5 Å². The van der Waals surface area contributed by atoms with Gasteiger partial charge in [-0.05, 0) is 29.7 Å². The molecule has 1 heterocycles. The summed E-state index contributed by atoms with van der Waals surface area (Å²) in [5.74, 6) is -0.506. The molecule has 35 heavy (non-hydrogen) atoms. The molecular weight excluding hydrogens is 440 g/mol. The summed E-state index contributed by atoms with van der Waals surface area (Å²) in [7, 11) is 0. The number of rotatable bonds is 7. The second-order valence-electron chi connectivity index (χ2n) is 8.22. The van der Waals surface area contributed by atoms with Gasteiger partial charge in [0, 0.05) is 6.08 Å². The predicted octanol–water partition coefficient (Wildman–Crippen LogP) is 3.72. The average molecular weight is 467 g/mol. The lowest BCUT2D eigenvalue weighted by Gasteiger charge is -2.23. The van der Waals surface area contributed by atoms with Crippen LogP contribution in [0.3, 0.4) is 0 Å². The predicted molar refractivity (Wildman–Crippen MR) is 139 cm³/mol. The van der Waals surface area contributed by atoms with Crippen molar-refractivity contribution in [2.45, 2.75) is 20.0 Å². The van der Waals surface area contributed by atoms with E-state index in [-0.39, 0.29) is 24.6 Å². The fourth-order valence-corrected chi connectivity index (χ4v) is 3.83. The van der Waals surface area contributed by atoms with Crippen LogP contribution in [0.1, 0.15) is 22.3 Å². The molecule has 0 atom stereocenters. The summed E-state index contributed by atoms with van der Waals surface area (Å²) >= 11 is 0. The van der Waals surface area contributed by atoms with Gasteiger partial charge in [-0.2, -0.15) is 0 Å². The van der Waals surface area contributed by atoms with Gasteiger partial charge in [-0.3, -0.25) is 24.0 Å². The van der Waals surface area contributed by atoms with Crippen molar-refractivity contribution in [1.82, 2.24) is 9.55 Å². The maximum absolute atomic E-state index is 13.4. The Hall–Kier alpha value is -4.65. The maximum atomic E-state index is 13.4. The molecule has 0 radical (unpaired) electrons. The number of hydrogen-bond donors (Lipinski definition) is 2. The minimum Gasteiger partial charge on any atom is -0.383 e. The first kappa shape index (κ1) is 23.5. The average Bonchev–Trinajstić information content (AvgIpc) is 2.86. The van der Waals surface area contributed by atoms with Gasteiger partial charge in [0.25, 0.3) is 11.5 Å². The molecule has 176 valence electrons. The summed E-state index contributed by atoms with van der Waals surface area (Å²) in [6.07, 6.45) is 3.10. The number of nitrogens with one attached hydrogen (secondary N) is 1. The fourth-order valence-electron chi connectivity index (χ4n) is 3.83. The Morgan fingerprint density at radius 2 is 1.60 bits per heavy atom. The van der Waals surface area contributed by atoms with Gasteiger partial charge < -0.3 is 5.73 Å². The molecule has 0 spiro atoms. The molecule has 7 nitrogen and oxygen atoms in total. The molecule has 0 aliphatic heterocycles. The number of nitrogen functional groups attached to an aromatic ring is 1. The molecule has 0 unspecified atom stereocenters. The van der Waals surface area contributed by atoms with Crippen molar-refractivity contribution in [1.29, 1.82) is 0 Å². The molecule has 4 rings (SSSR count). The zero-order valence-electron chi connectivity index (χ0n) is 19.3. The molecule has 4 aromatic rings. The molecule has 0 aliphatic carbocycles. The summed E-state index contributed by atoms with van der Waals surface area (Å²) in [5, 5.41) is 0. The van der Waals surface area contributed by atoms with Crippen LogP contribution in [0.15, 0.2) is 101 Å². The third kappa shape index (κ3) is 5.65. The van der Waals surface area contributed by atoms with E-state index in [1.807, 2.05) is 91.9 Å². The first-order chi connectivity index (χ1) is 16.9. The standard InChI is InChI=1S/C28H26N4O3/c1-20-9-8-14-21(17-20)15-16-24(33)31(18-22-10-4-2-5-11-22)25-26(29)32(28(35)30-27(25)34)19-23-12-6-3-7-13-23/h2-17H,18-19,29H2,1H3,(H,30,34,35)/b16-15+. The highest BCUT2D eigenvalue weighted by Crippen LogP contribution is 2.21. The second kappa shape index (κ2) is 10.5. The first-order valence-corrected chi connectivity index (χ1v) is 11.2. The highest BCUT2D eigenvalue weighted by Gasteiger charge is 2.23. The van der Waals surface area contributed by atoms with Crippen molar-refractivity contribution < 1.29 is 4.79 Å². The Kier molecular flexibility index (Phi) is 7.07. The lowest BCUT2D eigenvalue weighted by Crippen LogP contribution is -2.40. The number of aryl methyl sites for hydroxylation is 1. The zero-order valence-corrected chi connectivity index (χ0v) is 19.3. The van der Waals surface area contributed by atoms with Crippen LogP contribution in [0.5, 0.6) is 0 Å². The minimum atomic E-state index is -0.718. The number of nitrogens with zero attached hydrogens (tertiary/aromatic N) is 2. The summed E-state index contributed by atoms with van der Waals surface area (Å²) < 4.78 is 1.27. The maximum Gasteiger partial charge on any atom is 0.330 e. The number of anilines is 2. The van der Waals surface area contributed by atoms with E-state index in [0.29, 0.717) is 0 Å². The van der Waals surface area contributed by atoms with Gasteiger partial charge in [-0.25, -0.2) is 4.79 Å². The van der Waals surface area contributed by atoms with Crippen molar-refractivity contribution in [2.24, 2.45) is 0 Å². The van der Waals surface area contributed by atoms with Crippen LogP contribution in [0.25, 0.3) is 6.08 Å². The number of H-pyrrole nitrogens is 1. The topological polar surface area (TPSA) is 101 Å². The second-order valence-corrected chi connectivity index (χ2v) is 8.22. The molecule has 0 aliphatic rings. The van der Waals surface area contributed by atoms with Crippen LogP contribution >= 0.6 is 0 Å². The van der Waals surface area contributed by atoms with E-state index >= 15 is 0 Å². The number of aromatic amines is 1. The van der Waals surface area contributed by atoms with E-state index in [0.717, 1.165) is 22.3 Å². The number of benzene rings is 3. The molecule has 0 bridgehead atoms. The normalized spacial score (nSPS) is 11.0. The SMILES string of the molecule is Cc1cccc(/C=C/C(=O)N(Cc2ccccc2)c2c(N)n(Cc3ccccc3)c(=O)[nH]c2=O)c1. The Bertz CT molecular complexity index is 1470. The number of nitrogens with two attached hydrogens (primary N) is 1. The first-order valence-electron chi connectivity index (χ1n) is 11.2. The van der Waals surface area contributed by atoms with E-state index in [1.54, 1.807) is 6.08 Å². The third-order valence-corrected chi connectivity index (χ3v) is 5.58. The van der Waals surface area contributed by atoms with Crippen LogP contribution in [-0.4, -0.2) is 15.5 Å². The number of amides is 1. The van der Waals surface area contributed by atoms with Gasteiger partial charge in [0.15, 0.2) is 5.69 Å². The van der Waals surface area contributed by atoms with Crippen LogP contribution in [0.2, 0.25) is 0 Å². The number of aromatic nitrogens is 2. The molecule has 0 saturated carbocycles. The molecular formula is C28H26N4O3. The van der Waals surface area contributed by atoms with E-state index in [4.69, 9.17) is 5.73 Å². The van der Waals surface area contributed by atoms with Crippen LogP contribution in [0, 0.1) is 6.92 Å². The smallest absolute Gasteiger partial charge is 0.330 e. The monoisotopic (exact) mass is 466 g/mol. The molecule has 0 saturated heterocycles. The summed E-state index contributed by atoms with van der Waals surface area (Å²) in [5.41, 5.74) is 8.52. The van der Waals surface area contributed by atoms with Crippen molar-refractivity contribution in [2.75, 3.05) is 10.6 Å². The van der Waals surface area contributed by atoms with Gasteiger partial charge in [-0.15, -0.1) is 0 Å². The van der Waals surface area contributed by atoms with Crippen molar-refractivity contribution >= 4 is 23.5 Å². The molecule has 1 amide bonds. The Morgan fingerprint density at radius 1 is 0.943 bits per heavy atom. The largest absolute Gasteiger partial charge is 0.383 e. The quantitative estimate of drug-likeness (QED) is 0.405. The van der Waals surface area contributed by atoms with Crippen molar-refractivity contribution in [3.8, 4) is 0 Å². The van der Waals surface area contributed by atoms with Crippen LogP contribution in [0.4, 0.5) is 11.5 Å². The Labute approximate surface area is 202 Å². The number of carbonyl (C=O) groups is 1. The fraction of sp³-hybridized carbons (Fsp3) is 0.107. The van der Waals surface area contributed by atoms with Crippen molar-refractivity contribution in [3.63, 3.8) is 0 Å². The third-order valence-electron chi connectivity index (χ3n) is 5.58. The van der Waals surface area contributed by atoms with Gasteiger partial charge in [0.2, 0.25) is 0 Å². The van der Waals surface area contributed by atoms with E-state index < -0.39 is 17.2 Å². The van der Waals surface area contributed by atoms with E-state index in [2.05, 4.69) is 4.98 Å². The molecule has 3 aromatic carbocycles. The zero-order chi connectivity index (χ0) is 24.8. The molecule has 7 heteroatoms. The molecule has 0 fully saturated rings. The molecule has 1 aromatic heterocycles. The van der Waals surface area contributed by atoms with Gasteiger partial charge in [0.05, 0.1) is 13.1 Å². The lowest BCUT2D eigenvalue weighted by atomic mass is 10.1. The van der Waals surface area contributed by atoms with Gasteiger partial charge in [0.1, 0.15) is 5.82 Å². The van der Waals surface area contributed by atoms with E-state index in [9.17, 15) is 14.4 Å². The Balaban J connectivity index is 1.78. The number of hydrogen-bond acceptors (Lipinski definition) is 4. The van der Waals surface area contributed by atoms with Crippen LogP contribution < -0.4 is 21.9 Å². The van der Waals surface area contributed by atoms with Crippen LogP contribution in [-0.2, 0) is 17.9 Å². The summed E-state index contributed by atoms with van der Waals surface area (Å²) in [4.78, 5) is 42.6. The Morgan fingerprint density at radius 3 is 2.26 bits per heavy atom. The highest BCUT2D eigenvalue weighted by molar-refractivity contribution is 6.05. The summed E-state index contributed by atoms with van der Waals surface area (Å²) in [6, 6.07) is 26.3. The number of carbonyl (C=O) groups excluding carboxylic acids is 1. The summed E-state index contributed by atoms with van der Waals surface area (Å²) in [6.45, 7) is 2.23. The lowest BCUT2D eigenvalue weighted by molar-refractivity contribution is -0.114. The minimum absolute atomic E-state index is 0.0664. The molecule has 3 N–H and O–H groups in total. The van der Waals surface area contributed by atoms with Gasteiger partial charge >= 0.3 is 5.69 Å².